The molecule has 0 bridgehead atoms. The number of halogens is 1. The van der Waals surface area contributed by atoms with E-state index in [1.165, 1.54) is 12.1 Å². The summed E-state index contributed by atoms with van der Waals surface area (Å²) < 4.78 is 0. The van der Waals surface area contributed by atoms with Crippen LogP contribution in [0.15, 0.2) is 12.1 Å². The molecule has 2 N–H and O–H groups in total. The zero-order valence-electron chi connectivity index (χ0n) is 11.1. The molecule has 1 fully saturated rings. The minimum atomic E-state index is -0.540. The van der Waals surface area contributed by atoms with Crippen molar-refractivity contribution in [2.45, 2.75) is 19.8 Å². The van der Waals surface area contributed by atoms with E-state index in [1.807, 2.05) is 6.92 Å². The first-order valence-electron chi connectivity index (χ1n) is 6.53. The minimum Gasteiger partial charge on any atom is -0.379 e. The smallest absolute Gasteiger partial charge is 0.294 e. The molecule has 0 heterocycles. The van der Waals surface area contributed by atoms with E-state index in [4.69, 9.17) is 11.6 Å². The number of carbonyl (C=O) groups is 1. The molecule has 108 valence electrons. The molecule has 0 saturated heterocycles. The number of nitrogens with zero attached hydrogens (tertiary/aromatic N) is 1. The first-order chi connectivity index (χ1) is 9.52. The van der Waals surface area contributed by atoms with E-state index < -0.39 is 4.92 Å². The summed E-state index contributed by atoms with van der Waals surface area (Å²) in [4.78, 5) is 22.5. The van der Waals surface area contributed by atoms with Gasteiger partial charge in [0.1, 0.15) is 5.69 Å². The number of hydrogen-bond acceptors (Lipinski definition) is 4. The van der Waals surface area contributed by atoms with Crippen LogP contribution in [0.4, 0.5) is 11.4 Å². The second-order valence-electron chi connectivity index (χ2n) is 4.79. The Bertz CT molecular complexity index is 544. The first-order valence-corrected chi connectivity index (χ1v) is 6.90. The Morgan fingerprint density at radius 3 is 2.75 bits per heavy atom. The molecule has 1 aromatic rings. The molecule has 2 rings (SSSR count). The maximum atomic E-state index is 12.0. The second-order valence-corrected chi connectivity index (χ2v) is 5.20. The van der Waals surface area contributed by atoms with Gasteiger partial charge in [-0.25, -0.2) is 0 Å². The molecule has 0 aliphatic heterocycles. The van der Waals surface area contributed by atoms with E-state index in [-0.39, 0.29) is 27.9 Å². The number of anilines is 1. The van der Waals surface area contributed by atoms with Gasteiger partial charge in [-0.1, -0.05) is 11.6 Å². The lowest BCUT2D eigenvalue weighted by Gasteiger charge is -2.10. The molecule has 1 saturated carbocycles. The SMILES string of the molecule is CCNc1c(Cl)cc(C(=O)NCC2CC2)cc1[N+](=O)[O-]. The number of nitro benzene ring substituents is 1. The molecule has 0 atom stereocenters. The summed E-state index contributed by atoms with van der Waals surface area (Å²) in [5, 5.41) is 16.9. The third kappa shape index (κ3) is 3.39. The lowest BCUT2D eigenvalue weighted by molar-refractivity contribution is -0.384. The maximum absolute atomic E-state index is 12.0. The van der Waals surface area contributed by atoms with Crippen molar-refractivity contribution in [2.24, 2.45) is 5.92 Å². The largest absolute Gasteiger partial charge is 0.379 e. The predicted molar refractivity (Wildman–Crippen MR) is 77.3 cm³/mol. The van der Waals surface area contributed by atoms with Crippen LogP contribution in [-0.2, 0) is 0 Å². The molecule has 7 heteroatoms. The average molecular weight is 298 g/mol. The number of benzene rings is 1. The molecule has 1 aliphatic rings. The van der Waals surface area contributed by atoms with Crippen molar-refractivity contribution in [3.05, 3.63) is 32.8 Å². The van der Waals surface area contributed by atoms with Crippen LogP contribution in [0.5, 0.6) is 0 Å². The van der Waals surface area contributed by atoms with E-state index in [1.54, 1.807) is 0 Å². The van der Waals surface area contributed by atoms with Gasteiger partial charge < -0.3 is 10.6 Å². The van der Waals surface area contributed by atoms with Crippen LogP contribution in [0.3, 0.4) is 0 Å². The van der Waals surface area contributed by atoms with E-state index in [0.717, 1.165) is 12.8 Å². The van der Waals surface area contributed by atoms with Crippen molar-refractivity contribution in [1.82, 2.24) is 5.32 Å². The molecule has 1 amide bonds. The normalized spacial score (nSPS) is 13.9. The summed E-state index contributed by atoms with van der Waals surface area (Å²) in [6, 6.07) is 2.71. The Balaban J connectivity index is 2.24. The summed E-state index contributed by atoms with van der Waals surface area (Å²) in [5.41, 5.74) is 0.276. The highest BCUT2D eigenvalue weighted by atomic mass is 35.5. The highest BCUT2D eigenvalue weighted by Gasteiger charge is 2.24. The highest BCUT2D eigenvalue weighted by Crippen LogP contribution is 2.34. The van der Waals surface area contributed by atoms with Gasteiger partial charge in [0.15, 0.2) is 0 Å². The fraction of sp³-hybridized carbons (Fsp3) is 0.462. The Labute approximate surface area is 121 Å². The fourth-order valence-corrected chi connectivity index (χ4v) is 2.16. The van der Waals surface area contributed by atoms with Crippen molar-refractivity contribution in [1.29, 1.82) is 0 Å². The van der Waals surface area contributed by atoms with Crippen LogP contribution in [-0.4, -0.2) is 23.9 Å². The Kier molecular flexibility index (Phi) is 4.44. The molecule has 0 aromatic heterocycles. The fourth-order valence-electron chi connectivity index (χ4n) is 1.88. The van der Waals surface area contributed by atoms with Gasteiger partial charge in [0.25, 0.3) is 11.6 Å². The number of nitro groups is 1. The van der Waals surface area contributed by atoms with Crippen molar-refractivity contribution < 1.29 is 9.72 Å². The van der Waals surface area contributed by atoms with Crippen LogP contribution in [0.2, 0.25) is 5.02 Å². The van der Waals surface area contributed by atoms with Crippen LogP contribution >= 0.6 is 11.6 Å². The Morgan fingerprint density at radius 2 is 2.20 bits per heavy atom. The zero-order valence-corrected chi connectivity index (χ0v) is 11.9. The highest BCUT2D eigenvalue weighted by molar-refractivity contribution is 6.34. The number of hydrogen-bond donors (Lipinski definition) is 2. The molecule has 1 aromatic carbocycles. The standard InChI is InChI=1S/C13H16ClN3O3/c1-2-15-12-10(14)5-9(6-11(12)17(19)20)13(18)16-7-8-3-4-8/h5-6,8,15H,2-4,7H2,1H3,(H,16,18). The van der Waals surface area contributed by atoms with Crippen molar-refractivity contribution in [3.63, 3.8) is 0 Å². The first kappa shape index (κ1) is 14.6. The Hall–Kier alpha value is -1.82. The van der Waals surface area contributed by atoms with Crippen LogP contribution in [0.1, 0.15) is 30.1 Å². The molecule has 1 aliphatic carbocycles. The van der Waals surface area contributed by atoms with E-state index in [9.17, 15) is 14.9 Å². The molecule has 0 unspecified atom stereocenters. The van der Waals surface area contributed by atoms with Gasteiger partial charge in [-0.3, -0.25) is 14.9 Å². The van der Waals surface area contributed by atoms with Gasteiger partial charge in [-0.05, 0) is 31.7 Å². The quantitative estimate of drug-likeness (QED) is 0.624. The summed E-state index contributed by atoms with van der Waals surface area (Å²) in [7, 11) is 0. The van der Waals surface area contributed by atoms with Gasteiger partial charge in [0.2, 0.25) is 0 Å². The van der Waals surface area contributed by atoms with Gasteiger partial charge in [-0.2, -0.15) is 0 Å². The van der Waals surface area contributed by atoms with Gasteiger partial charge >= 0.3 is 0 Å². The lowest BCUT2D eigenvalue weighted by Crippen LogP contribution is -2.25. The molecule has 20 heavy (non-hydrogen) atoms. The third-order valence-electron chi connectivity index (χ3n) is 3.13. The number of nitrogens with one attached hydrogen (secondary N) is 2. The van der Waals surface area contributed by atoms with Gasteiger partial charge in [-0.15, -0.1) is 0 Å². The maximum Gasteiger partial charge on any atom is 0.294 e. The number of amides is 1. The molecular formula is C13H16ClN3O3. The van der Waals surface area contributed by atoms with Gasteiger partial charge in [0.05, 0.1) is 9.95 Å². The van der Waals surface area contributed by atoms with E-state index >= 15 is 0 Å². The van der Waals surface area contributed by atoms with Gasteiger partial charge in [0, 0.05) is 24.7 Å². The Morgan fingerprint density at radius 1 is 1.50 bits per heavy atom. The summed E-state index contributed by atoms with van der Waals surface area (Å²) in [6.07, 6.45) is 2.25. The third-order valence-corrected chi connectivity index (χ3v) is 3.43. The molecular weight excluding hydrogens is 282 g/mol. The van der Waals surface area contributed by atoms with Crippen molar-refractivity contribution in [2.75, 3.05) is 18.4 Å². The van der Waals surface area contributed by atoms with Crippen LogP contribution in [0, 0.1) is 16.0 Å². The summed E-state index contributed by atoms with van der Waals surface area (Å²) in [5.74, 6) is 0.218. The molecule has 6 nitrogen and oxygen atoms in total. The topological polar surface area (TPSA) is 84.3 Å². The lowest BCUT2D eigenvalue weighted by atomic mass is 10.1. The minimum absolute atomic E-state index is 0.178. The average Bonchev–Trinajstić information content (AvgIpc) is 3.22. The number of carbonyl (C=O) groups excluding carboxylic acids is 1. The molecule has 0 radical (unpaired) electrons. The van der Waals surface area contributed by atoms with E-state index in [0.29, 0.717) is 19.0 Å². The zero-order chi connectivity index (χ0) is 14.7. The van der Waals surface area contributed by atoms with Crippen LogP contribution < -0.4 is 10.6 Å². The monoisotopic (exact) mass is 297 g/mol. The van der Waals surface area contributed by atoms with E-state index in [2.05, 4.69) is 10.6 Å². The van der Waals surface area contributed by atoms with Crippen LogP contribution in [0.25, 0.3) is 0 Å². The summed E-state index contributed by atoms with van der Waals surface area (Å²) >= 11 is 6.03. The van der Waals surface area contributed by atoms with Crippen molar-refractivity contribution in [3.8, 4) is 0 Å². The summed E-state index contributed by atoms with van der Waals surface area (Å²) in [6.45, 7) is 2.93. The predicted octanol–water partition coefficient (Wildman–Crippen LogP) is 2.82. The number of rotatable bonds is 6. The van der Waals surface area contributed by atoms with Crippen molar-refractivity contribution >= 4 is 28.9 Å². The second kappa shape index (κ2) is 6.09. The molecule has 0 spiro atoms.